The average Bonchev–Trinajstić information content (AvgIpc) is 2.56. The first-order valence-electron chi connectivity index (χ1n) is 7.75. The molecule has 0 fully saturated rings. The standard InChI is InChI=1S/C17H21NO.C2H6/c1-14-7-9-15(10-8-14)11-12-18-13-17(19)16-5-3-2-4-6-16;1-2/h2-10,17-19H,11-13H2,1H3;1-2H3/t17-;/m0./s1. The lowest BCUT2D eigenvalue weighted by molar-refractivity contribution is 0.175. The molecule has 0 aliphatic rings. The van der Waals surface area contributed by atoms with Crippen LogP contribution in [0.5, 0.6) is 0 Å². The lowest BCUT2D eigenvalue weighted by atomic mass is 10.1. The van der Waals surface area contributed by atoms with Crippen molar-refractivity contribution in [1.29, 1.82) is 0 Å². The Balaban J connectivity index is 0.00000106. The third-order valence-corrected chi connectivity index (χ3v) is 3.23. The smallest absolute Gasteiger partial charge is 0.0914 e. The van der Waals surface area contributed by atoms with Crippen molar-refractivity contribution < 1.29 is 5.11 Å². The van der Waals surface area contributed by atoms with E-state index >= 15 is 0 Å². The van der Waals surface area contributed by atoms with Gasteiger partial charge in [-0.2, -0.15) is 0 Å². The molecule has 2 aromatic carbocycles. The Labute approximate surface area is 128 Å². The molecule has 0 aromatic heterocycles. The lowest BCUT2D eigenvalue weighted by Crippen LogP contribution is -2.23. The number of aliphatic hydroxyl groups is 1. The minimum Gasteiger partial charge on any atom is -0.387 e. The summed E-state index contributed by atoms with van der Waals surface area (Å²) >= 11 is 0. The lowest BCUT2D eigenvalue weighted by Gasteiger charge is -2.12. The molecule has 114 valence electrons. The number of hydrogen-bond donors (Lipinski definition) is 2. The largest absolute Gasteiger partial charge is 0.387 e. The Bertz CT molecular complexity index is 479. The van der Waals surface area contributed by atoms with Gasteiger partial charge in [-0.25, -0.2) is 0 Å². The first kappa shape index (κ1) is 17.4. The van der Waals surface area contributed by atoms with Crippen LogP contribution in [0.15, 0.2) is 54.6 Å². The van der Waals surface area contributed by atoms with Crippen molar-refractivity contribution in [2.75, 3.05) is 13.1 Å². The van der Waals surface area contributed by atoms with Gasteiger partial charge in [-0.15, -0.1) is 0 Å². The van der Waals surface area contributed by atoms with Gasteiger partial charge in [0.25, 0.3) is 0 Å². The van der Waals surface area contributed by atoms with Crippen molar-refractivity contribution in [3.8, 4) is 0 Å². The van der Waals surface area contributed by atoms with Crippen LogP contribution in [-0.4, -0.2) is 18.2 Å². The Hall–Kier alpha value is -1.64. The van der Waals surface area contributed by atoms with Gasteiger partial charge in [0.15, 0.2) is 0 Å². The highest BCUT2D eigenvalue weighted by molar-refractivity contribution is 5.21. The van der Waals surface area contributed by atoms with Crippen LogP contribution in [0.3, 0.4) is 0 Å². The summed E-state index contributed by atoms with van der Waals surface area (Å²) in [6, 6.07) is 18.3. The van der Waals surface area contributed by atoms with E-state index in [4.69, 9.17) is 0 Å². The van der Waals surface area contributed by atoms with E-state index < -0.39 is 6.10 Å². The van der Waals surface area contributed by atoms with E-state index in [2.05, 4.69) is 36.5 Å². The molecule has 2 heteroatoms. The second kappa shape index (κ2) is 10.1. The van der Waals surface area contributed by atoms with Crippen LogP contribution in [0, 0.1) is 6.92 Å². The van der Waals surface area contributed by atoms with E-state index in [9.17, 15) is 5.11 Å². The number of hydrogen-bond acceptors (Lipinski definition) is 2. The van der Waals surface area contributed by atoms with Crippen LogP contribution in [0.4, 0.5) is 0 Å². The Morgan fingerprint density at radius 1 is 0.952 bits per heavy atom. The molecule has 2 rings (SSSR count). The van der Waals surface area contributed by atoms with Gasteiger partial charge < -0.3 is 10.4 Å². The molecule has 0 bridgehead atoms. The number of aryl methyl sites for hydroxylation is 1. The molecule has 2 nitrogen and oxygen atoms in total. The molecule has 21 heavy (non-hydrogen) atoms. The maximum Gasteiger partial charge on any atom is 0.0914 e. The summed E-state index contributed by atoms with van der Waals surface area (Å²) in [5, 5.41) is 13.3. The highest BCUT2D eigenvalue weighted by Crippen LogP contribution is 2.10. The van der Waals surface area contributed by atoms with E-state index in [-0.39, 0.29) is 0 Å². The fourth-order valence-corrected chi connectivity index (χ4v) is 2.02. The summed E-state index contributed by atoms with van der Waals surface area (Å²) in [4.78, 5) is 0. The van der Waals surface area contributed by atoms with Crippen LogP contribution in [0.2, 0.25) is 0 Å². The SMILES string of the molecule is CC.Cc1ccc(CCNC[C@H](O)c2ccccc2)cc1. The van der Waals surface area contributed by atoms with Crippen molar-refractivity contribution in [3.63, 3.8) is 0 Å². The van der Waals surface area contributed by atoms with Crippen molar-refractivity contribution >= 4 is 0 Å². The number of nitrogens with one attached hydrogen (secondary N) is 1. The van der Waals surface area contributed by atoms with Crippen molar-refractivity contribution in [1.82, 2.24) is 5.32 Å². The molecule has 0 aliphatic heterocycles. The second-order valence-electron chi connectivity index (χ2n) is 4.87. The molecule has 0 amide bonds. The molecular weight excluding hydrogens is 258 g/mol. The van der Waals surface area contributed by atoms with E-state index in [1.807, 2.05) is 44.2 Å². The average molecular weight is 285 g/mol. The summed E-state index contributed by atoms with van der Waals surface area (Å²) in [5.41, 5.74) is 3.58. The predicted octanol–water partition coefficient (Wildman–Crippen LogP) is 3.89. The van der Waals surface area contributed by atoms with Gasteiger partial charge >= 0.3 is 0 Å². The topological polar surface area (TPSA) is 32.3 Å². The summed E-state index contributed by atoms with van der Waals surface area (Å²) in [7, 11) is 0. The van der Waals surface area contributed by atoms with Gasteiger partial charge in [0.05, 0.1) is 6.10 Å². The quantitative estimate of drug-likeness (QED) is 0.789. The monoisotopic (exact) mass is 285 g/mol. The van der Waals surface area contributed by atoms with E-state index in [1.54, 1.807) is 0 Å². The first-order valence-corrected chi connectivity index (χ1v) is 7.75. The molecule has 0 aliphatic carbocycles. The minimum absolute atomic E-state index is 0.431. The summed E-state index contributed by atoms with van der Waals surface area (Å²) in [5.74, 6) is 0. The molecular formula is C19H27NO. The van der Waals surface area contributed by atoms with Gasteiger partial charge in [0, 0.05) is 6.54 Å². The van der Waals surface area contributed by atoms with E-state index in [1.165, 1.54) is 11.1 Å². The van der Waals surface area contributed by atoms with Gasteiger partial charge in [0.1, 0.15) is 0 Å². The third kappa shape index (κ3) is 6.56. The molecule has 0 heterocycles. The number of aliphatic hydroxyl groups excluding tert-OH is 1. The zero-order valence-corrected chi connectivity index (χ0v) is 13.3. The molecule has 0 saturated heterocycles. The van der Waals surface area contributed by atoms with Gasteiger partial charge in [0.2, 0.25) is 0 Å². The van der Waals surface area contributed by atoms with Crippen molar-refractivity contribution in [2.24, 2.45) is 0 Å². The highest BCUT2D eigenvalue weighted by Gasteiger charge is 2.05. The maximum atomic E-state index is 9.99. The van der Waals surface area contributed by atoms with Crippen LogP contribution >= 0.6 is 0 Å². The summed E-state index contributed by atoms with van der Waals surface area (Å²) in [6.45, 7) is 7.57. The normalized spacial score (nSPS) is 11.4. The molecule has 2 N–H and O–H groups in total. The van der Waals surface area contributed by atoms with Crippen molar-refractivity contribution in [3.05, 3.63) is 71.3 Å². The number of rotatable bonds is 6. The Morgan fingerprint density at radius 2 is 1.57 bits per heavy atom. The van der Waals surface area contributed by atoms with Gasteiger partial charge in [-0.05, 0) is 31.0 Å². The number of benzene rings is 2. The van der Waals surface area contributed by atoms with Crippen molar-refractivity contribution in [2.45, 2.75) is 33.3 Å². The highest BCUT2D eigenvalue weighted by atomic mass is 16.3. The maximum absolute atomic E-state index is 9.99. The minimum atomic E-state index is -0.431. The van der Waals surface area contributed by atoms with Crippen LogP contribution < -0.4 is 5.32 Å². The molecule has 0 saturated carbocycles. The first-order chi connectivity index (χ1) is 10.3. The predicted molar refractivity (Wildman–Crippen MR) is 90.5 cm³/mol. The second-order valence-corrected chi connectivity index (χ2v) is 4.87. The Kier molecular flexibility index (Phi) is 8.41. The van der Waals surface area contributed by atoms with E-state index in [0.717, 1.165) is 18.5 Å². The fraction of sp³-hybridized carbons (Fsp3) is 0.368. The van der Waals surface area contributed by atoms with Crippen LogP contribution in [0.1, 0.15) is 36.6 Å². The van der Waals surface area contributed by atoms with Gasteiger partial charge in [-0.1, -0.05) is 74.0 Å². The van der Waals surface area contributed by atoms with Crippen LogP contribution in [0.25, 0.3) is 0 Å². The third-order valence-electron chi connectivity index (χ3n) is 3.23. The van der Waals surface area contributed by atoms with Gasteiger partial charge in [-0.3, -0.25) is 0 Å². The molecule has 0 radical (unpaired) electrons. The molecule has 1 atom stereocenters. The molecule has 2 aromatic rings. The fourth-order valence-electron chi connectivity index (χ4n) is 2.02. The summed E-state index contributed by atoms with van der Waals surface area (Å²) < 4.78 is 0. The van der Waals surface area contributed by atoms with E-state index in [0.29, 0.717) is 6.54 Å². The molecule has 0 unspecified atom stereocenters. The molecule has 0 spiro atoms. The van der Waals surface area contributed by atoms with Crippen LogP contribution in [-0.2, 0) is 6.42 Å². The summed E-state index contributed by atoms with van der Waals surface area (Å²) in [6.07, 6.45) is 0.557. The Morgan fingerprint density at radius 3 is 2.19 bits per heavy atom. The zero-order valence-electron chi connectivity index (χ0n) is 13.3. The zero-order chi connectivity index (χ0) is 15.5.